The minimum Gasteiger partial charge on any atom is -0.330 e. The molecule has 5 rings (SSSR count). The molecule has 218 valence electrons. The van der Waals surface area contributed by atoms with Crippen LogP contribution in [-0.4, -0.2) is 76.1 Å². The second-order valence-corrected chi connectivity index (χ2v) is 11.7. The van der Waals surface area contributed by atoms with Gasteiger partial charge in [0.05, 0.1) is 11.2 Å². The first-order valence-electron chi connectivity index (χ1n) is 13.9. The highest BCUT2D eigenvalue weighted by Crippen LogP contribution is 2.29. The van der Waals surface area contributed by atoms with Gasteiger partial charge in [-0.2, -0.15) is 4.98 Å². The molecule has 1 aromatic heterocycles. The molecule has 0 bridgehead atoms. The summed E-state index contributed by atoms with van der Waals surface area (Å²) in [5.74, 6) is 0.554. The number of fused-ring (bicyclic) bond motifs is 1. The van der Waals surface area contributed by atoms with E-state index in [2.05, 4.69) is 33.1 Å². The van der Waals surface area contributed by atoms with E-state index >= 15 is 0 Å². The number of benzene rings is 1. The van der Waals surface area contributed by atoms with Crippen LogP contribution in [0.5, 0.6) is 0 Å². The van der Waals surface area contributed by atoms with E-state index in [-0.39, 0.29) is 24.0 Å². The van der Waals surface area contributed by atoms with Gasteiger partial charge < -0.3 is 27.0 Å². The van der Waals surface area contributed by atoms with Gasteiger partial charge in [-0.15, -0.1) is 12.4 Å². The van der Waals surface area contributed by atoms with E-state index in [0.29, 0.717) is 37.6 Å². The number of carbonyl (C=O) groups is 2. The summed E-state index contributed by atoms with van der Waals surface area (Å²) in [6.07, 6.45) is 6.97. The number of urea groups is 1. The minimum atomic E-state index is -1.07. The fraction of sp³-hybridized carbons (Fsp3) is 0.571. The maximum absolute atomic E-state index is 13.0. The summed E-state index contributed by atoms with van der Waals surface area (Å²) in [6, 6.07) is 7.50. The first-order valence-corrected chi connectivity index (χ1v) is 13.9. The Bertz CT molecular complexity index is 1290. The Morgan fingerprint density at radius 3 is 2.65 bits per heavy atom. The number of piperazine rings is 1. The van der Waals surface area contributed by atoms with E-state index in [0.717, 1.165) is 44.3 Å². The fourth-order valence-corrected chi connectivity index (χ4v) is 5.89. The summed E-state index contributed by atoms with van der Waals surface area (Å²) < 4.78 is 1.48. The molecule has 40 heavy (non-hydrogen) atoms. The van der Waals surface area contributed by atoms with Crippen LogP contribution >= 0.6 is 12.4 Å². The molecule has 1 saturated carbocycles. The number of nitrogens with one attached hydrogen (secondary N) is 3. The number of anilines is 1. The van der Waals surface area contributed by atoms with Crippen molar-refractivity contribution in [2.75, 3.05) is 31.5 Å². The Kier molecular flexibility index (Phi) is 9.31. The van der Waals surface area contributed by atoms with Crippen molar-refractivity contribution in [3.63, 3.8) is 0 Å². The first kappa shape index (κ1) is 30.1. The van der Waals surface area contributed by atoms with Gasteiger partial charge in [-0.1, -0.05) is 6.07 Å². The number of aromatic nitrogens is 2. The van der Waals surface area contributed by atoms with Crippen LogP contribution in [0.1, 0.15) is 44.2 Å². The average molecular weight is 573 g/mol. The Hall–Kier alpha value is -2.83. The molecule has 12 heteroatoms. The number of amides is 2. The molecule has 2 aromatic rings. The van der Waals surface area contributed by atoms with Crippen molar-refractivity contribution in [2.45, 2.75) is 69.6 Å². The molecule has 7 N–H and O–H groups in total. The van der Waals surface area contributed by atoms with E-state index in [1.807, 2.05) is 6.07 Å². The molecule has 2 atom stereocenters. The van der Waals surface area contributed by atoms with Gasteiger partial charge in [0.2, 0.25) is 0 Å². The van der Waals surface area contributed by atoms with Crippen molar-refractivity contribution >= 4 is 30.0 Å². The van der Waals surface area contributed by atoms with Crippen LogP contribution in [0.15, 0.2) is 35.3 Å². The Morgan fingerprint density at radius 1 is 1.18 bits per heavy atom. The third-order valence-electron chi connectivity index (χ3n) is 8.22. The van der Waals surface area contributed by atoms with Crippen molar-refractivity contribution in [1.82, 2.24) is 25.1 Å². The molecule has 1 aliphatic heterocycles. The number of hydrogen-bond donors (Lipinski definition) is 5. The number of Topliss-reactive ketones (excluding diaryl/α,β-unsaturated/α-hetero) is 1. The summed E-state index contributed by atoms with van der Waals surface area (Å²) in [7, 11) is 0. The van der Waals surface area contributed by atoms with Gasteiger partial charge in [0.15, 0.2) is 5.78 Å². The summed E-state index contributed by atoms with van der Waals surface area (Å²) >= 11 is 0. The predicted octanol–water partition coefficient (Wildman–Crippen LogP) is 0.951. The summed E-state index contributed by atoms with van der Waals surface area (Å²) in [5.41, 5.74) is 13.5. The molecular weight excluding hydrogens is 532 g/mol. The molecular formula is C28H41ClN8O3. The molecule has 2 fully saturated rings. The van der Waals surface area contributed by atoms with Crippen molar-refractivity contribution in [2.24, 2.45) is 17.4 Å². The summed E-state index contributed by atoms with van der Waals surface area (Å²) in [6.45, 7) is 5.25. The smallest absolute Gasteiger partial charge is 0.330 e. The molecule has 1 aromatic carbocycles. The SMILES string of the molecule is CC(C)(N)C(=O)C1CNCCN1C(=O)Nc1ccn(-c2ccc3c(c2)CC(NC2CC(CN)C2)CC3)c(=O)n1.Cl. The maximum Gasteiger partial charge on any atom is 0.354 e. The van der Waals surface area contributed by atoms with Gasteiger partial charge in [0.1, 0.15) is 11.9 Å². The predicted molar refractivity (Wildman–Crippen MR) is 157 cm³/mol. The number of nitrogens with two attached hydrogens (primary N) is 2. The highest BCUT2D eigenvalue weighted by molar-refractivity contribution is 5.97. The van der Waals surface area contributed by atoms with E-state index < -0.39 is 23.3 Å². The highest BCUT2D eigenvalue weighted by atomic mass is 35.5. The summed E-state index contributed by atoms with van der Waals surface area (Å²) in [4.78, 5) is 44.4. The normalized spacial score (nSPS) is 24.4. The zero-order valence-corrected chi connectivity index (χ0v) is 24.0. The number of carbonyl (C=O) groups excluding carboxylic acids is 2. The van der Waals surface area contributed by atoms with Crippen molar-refractivity contribution < 1.29 is 9.59 Å². The fourth-order valence-electron chi connectivity index (χ4n) is 5.89. The van der Waals surface area contributed by atoms with Crippen molar-refractivity contribution in [1.29, 1.82) is 0 Å². The topological polar surface area (TPSA) is 160 Å². The van der Waals surface area contributed by atoms with Crippen LogP contribution in [-0.2, 0) is 17.6 Å². The monoisotopic (exact) mass is 572 g/mol. The van der Waals surface area contributed by atoms with E-state index in [9.17, 15) is 14.4 Å². The molecule has 0 radical (unpaired) electrons. The van der Waals surface area contributed by atoms with E-state index in [1.165, 1.54) is 20.6 Å². The lowest BCUT2D eigenvalue weighted by Gasteiger charge is -2.39. The Balaban J connectivity index is 0.00000370. The molecule has 2 unspecified atom stereocenters. The zero-order valence-electron chi connectivity index (χ0n) is 23.2. The van der Waals surface area contributed by atoms with Crippen LogP contribution in [0, 0.1) is 5.92 Å². The molecule has 2 amide bonds. The van der Waals surface area contributed by atoms with E-state index in [4.69, 9.17) is 11.5 Å². The van der Waals surface area contributed by atoms with Gasteiger partial charge in [-0.25, -0.2) is 9.59 Å². The third kappa shape index (κ3) is 6.55. The minimum absolute atomic E-state index is 0. The van der Waals surface area contributed by atoms with Crippen molar-refractivity contribution in [3.8, 4) is 5.69 Å². The van der Waals surface area contributed by atoms with Crippen LogP contribution in [0.3, 0.4) is 0 Å². The van der Waals surface area contributed by atoms with Crippen LogP contribution in [0.2, 0.25) is 0 Å². The lowest BCUT2D eigenvalue weighted by atomic mass is 9.79. The first-order chi connectivity index (χ1) is 18.6. The molecule has 2 aliphatic carbocycles. The number of aryl methyl sites for hydroxylation is 1. The number of hydrogen-bond acceptors (Lipinski definition) is 8. The third-order valence-corrected chi connectivity index (χ3v) is 8.22. The maximum atomic E-state index is 13.0. The Labute approximate surface area is 240 Å². The summed E-state index contributed by atoms with van der Waals surface area (Å²) in [5, 5.41) is 9.61. The number of nitrogens with zero attached hydrogens (tertiary/aromatic N) is 3. The van der Waals surface area contributed by atoms with Gasteiger partial charge in [-0.05, 0) is 87.7 Å². The van der Waals surface area contributed by atoms with E-state index in [1.54, 1.807) is 26.1 Å². The van der Waals surface area contributed by atoms with Gasteiger partial charge >= 0.3 is 11.7 Å². The lowest BCUT2D eigenvalue weighted by Crippen LogP contribution is -2.63. The average Bonchev–Trinajstić information content (AvgIpc) is 2.89. The van der Waals surface area contributed by atoms with Gasteiger partial charge in [-0.3, -0.25) is 14.7 Å². The number of ketones is 1. The number of halogens is 1. The standard InChI is InChI=1S/C28H40N8O3.ClH/c1-28(2,30)25(37)23-16-31-8-10-36(23)27(39)34-24-7-9-35(26(38)33-24)22-6-4-18-3-5-20(13-19(18)14-22)32-21-11-17(12-21)15-29;/h4,6-7,9,14,17,20-21,23,31-32H,3,5,8,10-13,15-16,29-30H2,1-2H3,(H,33,34,38,39);1H. The van der Waals surface area contributed by atoms with Crippen LogP contribution in [0.4, 0.5) is 10.6 Å². The number of rotatable bonds is 7. The molecule has 11 nitrogen and oxygen atoms in total. The van der Waals surface area contributed by atoms with Crippen LogP contribution in [0.25, 0.3) is 5.69 Å². The lowest BCUT2D eigenvalue weighted by molar-refractivity contribution is -0.127. The molecule has 3 aliphatic rings. The molecule has 1 saturated heterocycles. The second-order valence-electron chi connectivity index (χ2n) is 11.7. The van der Waals surface area contributed by atoms with Crippen molar-refractivity contribution in [3.05, 3.63) is 52.1 Å². The molecule has 0 spiro atoms. The van der Waals surface area contributed by atoms with Gasteiger partial charge in [0.25, 0.3) is 0 Å². The Morgan fingerprint density at radius 2 is 1.95 bits per heavy atom. The van der Waals surface area contributed by atoms with Gasteiger partial charge in [0, 0.05) is 37.9 Å². The second kappa shape index (κ2) is 12.4. The quantitative estimate of drug-likeness (QED) is 0.328. The van der Waals surface area contributed by atoms with Crippen LogP contribution < -0.4 is 33.1 Å². The highest BCUT2D eigenvalue weighted by Gasteiger charge is 2.38. The largest absolute Gasteiger partial charge is 0.354 e. The molecule has 2 heterocycles. The zero-order chi connectivity index (χ0) is 27.7.